The summed E-state index contributed by atoms with van der Waals surface area (Å²) in [5.41, 5.74) is 6.62. The zero-order valence-corrected chi connectivity index (χ0v) is 7.22. The molecule has 0 unspecified atom stereocenters. The van der Waals surface area contributed by atoms with Crippen LogP contribution in [0, 0.1) is 0 Å². The number of hydrogen-bond donors (Lipinski definition) is 2. The predicted octanol–water partition coefficient (Wildman–Crippen LogP) is 1.22. The second-order valence-electron chi connectivity index (χ2n) is 2.51. The molecular formula is C10H12N2O. The number of aliphatic hydroxyl groups is 1. The second kappa shape index (κ2) is 5.11. The Kier molecular flexibility index (Phi) is 3.73. The van der Waals surface area contributed by atoms with Gasteiger partial charge in [0, 0.05) is 11.9 Å². The van der Waals surface area contributed by atoms with Crippen molar-refractivity contribution in [2.24, 2.45) is 10.7 Å². The Bertz CT molecular complexity index is 304. The smallest absolute Gasteiger partial charge is 0.0826 e. The van der Waals surface area contributed by atoms with Gasteiger partial charge in [-0.2, -0.15) is 0 Å². The van der Waals surface area contributed by atoms with Gasteiger partial charge >= 0.3 is 0 Å². The maximum absolute atomic E-state index is 8.58. The average molecular weight is 176 g/mol. The number of hydrogen-bond acceptors (Lipinski definition) is 3. The van der Waals surface area contributed by atoms with E-state index in [1.54, 1.807) is 12.3 Å². The van der Waals surface area contributed by atoms with Gasteiger partial charge in [-0.3, -0.25) is 4.99 Å². The molecule has 0 spiro atoms. The normalized spacial score (nSPS) is 12.2. The van der Waals surface area contributed by atoms with Crippen molar-refractivity contribution in [2.45, 2.75) is 0 Å². The number of para-hydroxylation sites is 1. The highest BCUT2D eigenvalue weighted by atomic mass is 16.3. The minimum atomic E-state index is -0.138. The van der Waals surface area contributed by atoms with Crippen molar-refractivity contribution in [3.63, 3.8) is 0 Å². The van der Waals surface area contributed by atoms with Gasteiger partial charge in [0.1, 0.15) is 0 Å². The van der Waals surface area contributed by atoms with E-state index >= 15 is 0 Å². The molecule has 0 aliphatic heterocycles. The lowest BCUT2D eigenvalue weighted by Gasteiger charge is -1.91. The molecule has 0 atom stereocenters. The van der Waals surface area contributed by atoms with Crippen molar-refractivity contribution < 1.29 is 5.11 Å². The quantitative estimate of drug-likeness (QED) is 0.680. The minimum absolute atomic E-state index is 0.138. The Morgan fingerprint density at radius 1 is 1.38 bits per heavy atom. The van der Waals surface area contributed by atoms with Crippen LogP contribution in [-0.4, -0.2) is 17.9 Å². The maximum Gasteiger partial charge on any atom is 0.0826 e. The zero-order chi connectivity index (χ0) is 9.52. The minimum Gasteiger partial charge on any atom is -0.400 e. The summed E-state index contributed by atoms with van der Waals surface area (Å²) in [6.45, 7) is -0.138. The standard InChI is InChI=1S/C10H12N2O/c11-9(8-13)6-7-12-10-4-2-1-3-5-10/h1-7,13H,8,11H2. The molecule has 3 nitrogen and oxygen atoms in total. The van der Waals surface area contributed by atoms with Crippen molar-refractivity contribution >= 4 is 11.9 Å². The summed E-state index contributed by atoms with van der Waals surface area (Å²) in [4.78, 5) is 4.10. The van der Waals surface area contributed by atoms with E-state index in [0.717, 1.165) is 5.69 Å². The van der Waals surface area contributed by atoms with Gasteiger partial charge < -0.3 is 10.8 Å². The largest absolute Gasteiger partial charge is 0.400 e. The molecule has 0 aliphatic rings. The molecule has 1 aromatic rings. The molecule has 3 heteroatoms. The molecule has 0 saturated heterocycles. The van der Waals surface area contributed by atoms with Gasteiger partial charge in [-0.15, -0.1) is 0 Å². The molecule has 0 bridgehead atoms. The van der Waals surface area contributed by atoms with E-state index in [1.165, 1.54) is 0 Å². The lowest BCUT2D eigenvalue weighted by atomic mass is 10.3. The number of benzene rings is 1. The molecule has 3 N–H and O–H groups in total. The van der Waals surface area contributed by atoms with Crippen molar-refractivity contribution in [3.8, 4) is 0 Å². The Morgan fingerprint density at radius 3 is 2.69 bits per heavy atom. The molecule has 0 aromatic heterocycles. The highest BCUT2D eigenvalue weighted by Crippen LogP contribution is 2.08. The summed E-state index contributed by atoms with van der Waals surface area (Å²) in [6.07, 6.45) is 3.15. The van der Waals surface area contributed by atoms with Gasteiger partial charge in [-0.25, -0.2) is 0 Å². The van der Waals surface area contributed by atoms with Crippen LogP contribution in [0.2, 0.25) is 0 Å². The first-order valence-corrected chi connectivity index (χ1v) is 3.97. The van der Waals surface area contributed by atoms with Crippen LogP contribution in [0.4, 0.5) is 5.69 Å². The van der Waals surface area contributed by atoms with Crippen LogP contribution >= 0.6 is 0 Å². The number of rotatable bonds is 3. The number of aliphatic imine (C=N–C) groups is 1. The third-order valence-corrected chi connectivity index (χ3v) is 1.45. The Balaban J connectivity index is 2.60. The Labute approximate surface area is 77.2 Å². The zero-order valence-electron chi connectivity index (χ0n) is 7.22. The van der Waals surface area contributed by atoms with E-state index in [9.17, 15) is 0 Å². The third kappa shape index (κ3) is 3.53. The molecule has 0 heterocycles. The fraction of sp³-hybridized carbons (Fsp3) is 0.100. The fourth-order valence-corrected chi connectivity index (χ4v) is 0.786. The average Bonchev–Trinajstić information content (AvgIpc) is 2.19. The van der Waals surface area contributed by atoms with E-state index in [4.69, 9.17) is 10.8 Å². The third-order valence-electron chi connectivity index (χ3n) is 1.45. The molecule has 13 heavy (non-hydrogen) atoms. The Hall–Kier alpha value is -1.61. The maximum atomic E-state index is 8.58. The molecular weight excluding hydrogens is 164 g/mol. The van der Waals surface area contributed by atoms with Crippen molar-refractivity contribution in [1.82, 2.24) is 0 Å². The lowest BCUT2D eigenvalue weighted by Crippen LogP contribution is -2.01. The summed E-state index contributed by atoms with van der Waals surface area (Å²) in [5, 5.41) is 8.58. The highest BCUT2D eigenvalue weighted by molar-refractivity contribution is 5.75. The van der Waals surface area contributed by atoms with Crippen LogP contribution in [0.15, 0.2) is 47.1 Å². The van der Waals surface area contributed by atoms with Gasteiger partial charge in [-0.05, 0) is 18.2 Å². The summed E-state index contributed by atoms with van der Waals surface area (Å²) in [7, 11) is 0. The van der Waals surface area contributed by atoms with Crippen molar-refractivity contribution in [2.75, 3.05) is 6.61 Å². The van der Waals surface area contributed by atoms with Crippen LogP contribution < -0.4 is 5.73 Å². The van der Waals surface area contributed by atoms with Gasteiger partial charge in [0.15, 0.2) is 0 Å². The van der Waals surface area contributed by atoms with E-state index in [1.807, 2.05) is 30.3 Å². The molecule has 0 saturated carbocycles. The van der Waals surface area contributed by atoms with Crippen LogP contribution in [0.25, 0.3) is 0 Å². The van der Waals surface area contributed by atoms with Crippen molar-refractivity contribution in [3.05, 3.63) is 42.1 Å². The number of allylic oxidation sites excluding steroid dienone is 1. The van der Waals surface area contributed by atoms with E-state index in [-0.39, 0.29) is 6.61 Å². The molecule has 0 fully saturated rings. The molecule has 1 rings (SSSR count). The van der Waals surface area contributed by atoms with E-state index < -0.39 is 0 Å². The Morgan fingerprint density at radius 2 is 2.08 bits per heavy atom. The summed E-state index contributed by atoms with van der Waals surface area (Å²) in [6, 6.07) is 9.52. The first-order valence-electron chi connectivity index (χ1n) is 3.97. The van der Waals surface area contributed by atoms with Gasteiger partial charge in [-0.1, -0.05) is 18.2 Å². The number of nitrogens with two attached hydrogens (primary N) is 1. The van der Waals surface area contributed by atoms with Gasteiger partial charge in [0.05, 0.1) is 12.3 Å². The monoisotopic (exact) mass is 176 g/mol. The van der Waals surface area contributed by atoms with Gasteiger partial charge in [0.25, 0.3) is 0 Å². The molecule has 0 aliphatic carbocycles. The van der Waals surface area contributed by atoms with Crippen LogP contribution in [-0.2, 0) is 0 Å². The summed E-state index contributed by atoms with van der Waals surface area (Å²) >= 11 is 0. The first-order chi connectivity index (χ1) is 6.33. The van der Waals surface area contributed by atoms with Crippen LogP contribution in [0.3, 0.4) is 0 Å². The lowest BCUT2D eigenvalue weighted by molar-refractivity contribution is 0.330. The summed E-state index contributed by atoms with van der Waals surface area (Å²) < 4.78 is 0. The number of nitrogens with zero attached hydrogens (tertiary/aromatic N) is 1. The molecule has 0 amide bonds. The van der Waals surface area contributed by atoms with Crippen molar-refractivity contribution in [1.29, 1.82) is 0 Å². The first kappa shape index (κ1) is 9.48. The van der Waals surface area contributed by atoms with Gasteiger partial charge in [0.2, 0.25) is 0 Å². The number of aliphatic hydroxyl groups excluding tert-OH is 1. The van der Waals surface area contributed by atoms with E-state index in [0.29, 0.717) is 5.70 Å². The van der Waals surface area contributed by atoms with Crippen LogP contribution in [0.1, 0.15) is 0 Å². The topological polar surface area (TPSA) is 58.6 Å². The molecule has 68 valence electrons. The molecule has 0 radical (unpaired) electrons. The summed E-state index contributed by atoms with van der Waals surface area (Å²) in [5.74, 6) is 0. The van der Waals surface area contributed by atoms with E-state index in [2.05, 4.69) is 4.99 Å². The molecule has 1 aromatic carbocycles. The second-order valence-corrected chi connectivity index (χ2v) is 2.51. The highest BCUT2D eigenvalue weighted by Gasteiger charge is 1.83. The fourth-order valence-electron chi connectivity index (χ4n) is 0.786. The SMILES string of the molecule is NC(=CC=Nc1ccccc1)CO. The predicted molar refractivity (Wildman–Crippen MR) is 54.0 cm³/mol. The van der Waals surface area contributed by atoms with Crippen LogP contribution in [0.5, 0.6) is 0 Å².